The number of aryl methyl sites for hydroxylation is 2. The van der Waals surface area contributed by atoms with Gasteiger partial charge in [-0.05, 0) is 48.7 Å². The number of rotatable bonds is 5. The standard InChI is InChI=1S/C19H21NO/c1-14-5-3-6-15(2)18(14)10-9-16-7-4-8-17(13-16)19(21)11-12-20/h3-10,13H,11-12,20H2,1-2H3. The Kier molecular flexibility index (Phi) is 5.07. The first kappa shape index (κ1) is 15.2. The predicted octanol–water partition coefficient (Wildman–Crippen LogP) is 4.01. The van der Waals surface area contributed by atoms with Crippen LogP contribution in [0.15, 0.2) is 42.5 Å². The Hall–Kier alpha value is -2.19. The summed E-state index contributed by atoms with van der Waals surface area (Å²) in [6, 6.07) is 13.9. The van der Waals surface area contributed by atoms with Gasteiger partial charge >= 0.3 is 0 Å². The van der Waals surface area contributed by atoms with Crippen molar-refractivity contribution in [2.75, 3.05) is 6.54 Å². The molecule has 2 nitrogen and oxygen atoms in total. The molecule has 0 fully saturated rings. The lowest BCUT2D eigenvalue weighted by Crippen LogP contribution is -2.08. The minimum absolute atomic E-state index is 0.0971. The van der Waals surface area contributed by atoms with Crippen molar-refractivity contribution >= 4 is 17.9 Å². The van der Waals surface area contributed by atoms with E-state index < -0.39 is 0 Å². The maximum Gasteiger partial charge on any atom is 0.164 e. The van der Waals surface area contributed by atoms with Crippen molar-refractivity contribution in [3.8, 4) is 0 Å². The molecule has 0 heterocycles. The molecule has 0 aliphatic carbocycles. The molecule has 0 bridgehead atoms. The second kappa shape index (κ2) is 7.00. The Balaban J connectivity index is 2.26. The monoisotopic (exact) mass is 279 g/mol. The molecular formula is C19H21NO. The molecule has 0 aliphatic rings. The van der Waals surface area contributed by atoms with Gasteiger partial charge in [0.1, 0.15) is 0 Å². The van der Waals surface area contributed by atoms with Gasteiger partial charge in [0.2, 0.25) is 0 Å². The van der Waals surface area contributed by atoms with E-state index in [2.05, 4.69) is 44.2 Å². The van der Waals surface area contributed by atoms with Gasteiger partial charge in [0, 0.05) is 12.0 Å². The third-order valence-electron chi connectivity index (χ3n) is 3.56. The summed E-state index contributed by atoms with van der Waals surface area (Å²) in [6.07, 6.45) is 4.55. The lowest BCUT2D eigenvalue weighted by Gasteiger charge is -2.05. The summed E-state index contributed by atoms with van der Waals surface area (Å²) in [5.41, 5.74) is 10.9. The zero-order valence-corrected chi connectivity index (χ0v) is 12.6. The van der Waals surface area contributed by atoms with Crippen LogP contribution in [0.4, 0.5) is 0 Å². The minimum Gasteiger partial charge on any atom is -0.330 e. The van der Waals surface area contributed by atoms with E-state index in [1.165, 1.54) is 16.7 Å². The molecule has 0 saturated heterocycles. The Morgan fingerprint density at radius 3 is 2.38 bits per heavy atom. The lowest BCUT2D eigenvalue weighted by atomic mass is 10.0. The number of nitrogens with two attached hydrogens (primary N) is 1. The van der Waals surface area contributed by atoms with Gasteiger partial charge in [-0.15, -0.1) is 0 Å². The summed E-state index contributed by atoms with van der Waals surface area (Å²) in [4.78, 5) is 11.9. The minimum atomic E-state index is 0.0971. The van der Waals surface area contributed by atoms with Gasteiger partial charge in [-0.25, -0.2) is 0 Å². The van der Waals surface area contributed by atoms with Crippen LogP contribution in [0.5, 0.6) is 0 Å². The molecule has 2 N–H and O–H groups in total. The zero-order chi connectivity index (χ0) is 15.2. The van der Waals surface area contributed by atoms with Crippen molar-refractivity contribution in [3.63, 3.8) is 0 Å². The fourth-order valence-electron chi connectivity index (χ4n) is 2.36. The van der Waals surface area contributed by atoms with Crippen LogP contribution in [0, 0.1) is 13.8 Å². The molecule has 108 valence electrons. The number of carbonyl (C=O) groups excluding carboxylic acids is 1. The van der Waals surface area contributed by atoms with Gasteiger partial charge < -0.3 is 5.73 Å². The van der Waals surface area contributed by atoms with E-state index in [-0.39, 0.29) is 5.78 Å². The van der Waals surface area contributed by atoms with Crippen LogP contribution in [-0.2, 0) is 0 Å². The molecular weight excluding hydrogens is 258 g/mol. The van der Waals surface area contributed by atoms with E-state index in [9.17, 15) is 4.79 Å². The first-order valence-corrected chi connectivity index (χ1v) is 7.19. The van der Waals surface area contributed by atoms with Gasteiger partial charge in [-0.2, -0.15) is 0 Å². The average Bonchev–Trinajstić information content (AvgIpc) is 2.47. The number of Topliss-reactive ketones (excluding diaryl/α,β-unsaturated/α-hetero) is 1. The summed E-state index contributed by atoms with van der Waals surface area (Å²) >= 11 is 0. The number of hydrogen-bond donors (Lipinski definition) is 1. The average molecular weight is 279 g/mol. The molecule has 0 amide bonds. The number of benzene rings is 2. The summed E-state index contributed by atoms with van der Waals surface area (Å²) < 4.78 is 0. The molecule has 0 spiro atoms. The van der Waals surface area contributed by atoms with E-state index in [4.69, 9.17) is 5.73 Å². The molecule has 21 heavy (non-hydrogen) atoms. The van der Waals surface area contributed by atoms with Crippen molar-refractivity contribution in [3.05, 3.63) is 70.3 Å². The van der Waals surface area contributed by atoms with Gasteiger partial charge in [0.05, 0.1) is 0 Å². The van der Waals surface area contributed by atoms with Crippen LogP contribution in [0.25, 0.3) is 12.2 Å². The van der Waals surface area contributed by atoms with Crippen molar-refractivity contribution in [2.45, 2.75) is 20.3 Å². The molecule has 2 rings (SSSR count). The van der Waals surface area contributed by atoms with Gasteiger partial charge in [-0.3, -0.25) is 4.79 Å². The zero-order valence-electron chi connectivity index (χ0n) is 12.6. The summed E-state index contributed by atoms with van der Waals surface area (Å²) in [7, 11) is 0. The van der Waals surface area contributed by atoms with Crippen molar-refractivity contribution in [1.82, 2.24) is 0 Å². The smallest absolute Gasteiger partial charge is 0.164 e. The first-order valence-electron chi connectivity index (χ1n) is 7.19. The number of carbonyl (C=O) groups is 1. The fraction of sp³-hybridized carbons (Fsp3) is 0.211. The summed E-state index contributed by atoms with van der Waals surface area (Å²) in [5, 5.41) is 0. The highest BCUT2D eigenvalue weighted by Gasteiger charge is 2.04. The highest BCUT2D eigenvalue weighted by Crippen LogP contribution is 2.17. The molecule has 0 radical (unpaired) electrons. The van der Waals surface area contributed by atoms with Gasteiger partial charge in [0.15, 0.2) is 5.78 Å². The largest absolute Gasteiger partial charge is 0.330 e. The quantitative estimate of drug-likeness (QED) is 0.664. The maximum absolute atomic E-state index is 11.9. The maximum atomic E-state index is 11.9. The van der Waals surface area contributed by atoms with Crippen molar-refractivity contribution in [1.29, 1.82) is 0 Å². The van der Waals surface area contributed by atoms with Crippen molar-refractivity contribution in [2.24, 2.45) is 5.73 Å². The summed E-state index contributed by atoms with van der Waals surface area (Å²) in [5.74, 6) is 0.0971. The normalized spacial score (nSPS) is 11.0. The highest BCUT2D eigenvalue weighted by molar-refractivity contribution is 5.96. The van der Waals surface area contributed by atoms with Crippen LogP contribution < -0.4 is 5.73 Å². The molecule has 0 atom stereocenters. The van der Waals surface area contributed by atoms with Crippen LogP contribution in [0.3, 0.4) is 0 Å². The van der Waals surface area contributed by atoms with Gasteiger partial charge in [-0.1, -0.05) is 48.6 Å². The van der Waals surface area contributed by atoms with E-state index in [0.717, 1.165) is 11.1 Å². The van der Waals surface area contributed by atoms with E-state index in [0.29, 0.717) is 13.0 Å². The highest BCUT2D eigenvalue weighted by atomic mass is 16.1. The van der Waals surface area contributed by atoms with Gasteiger partial charge in [0.25, 0.3) is 0 Å². The second-order valence-electron chi connectivity index (χ2n) is 5.23. The summed E-state index contributed by atoms with van der Waals surface area (Å²) in [6.45, 7) is 4.60. The van der Waals surface area contributed by atoms with E-state index in [1.807, 2.05) is 24.3 Å². The molecule has 0 aliphatic heterocycles. The topological polar surface area (TPSA) is 43.1 Å². The van der Waals surface area contributed by atoms with Crippen LogP contribution in [0.2, 0.25) is 0 Å². The van der Waals surface area contributed by atoms with Crippen LogP contribution in [-0.4, -0.2) is 12.3 Å². The Labute approximate surface area is 126 Å². The Morgan fingerprint density at radius 1 is 1.05 bits per heavy atom. The number of ketones is 1. The number of hydrogen-bond acceptors (Lipinski definition) is 2. The van der Waals surface area contributed by atoms with E-state index in [1.54, 1.807) is 0 Å². The molecule has 0 aromatic heterocycles. The molecule has 2 heteroatoms. The SMILES string of the molecule is Cc1cccc(C)c1C=Cc1cccc(C(=O)CCN)c1. The fourth-order valence-corrected chi connectivity index (χ4v) is 2.36. The predicted molar refractivity (Wildman–Crippen MR) is 89.3 cm³/mol. The third kappa shape index (κ3) is 3.89. The molecule has 0 saturated carbocycles. The van der Waals surface area contributed by atoms with Crippen molar-refractivity contribution < 1.29 is 4.79 Å². The first-order chi connectivity index (χ1) is 10.1. The van der Waals surface area contributed by atoms with E-state index >= 15 is 0 Å². The second-order valence-corrected chi connectivity index (χ2v) is 5.23. The Bertz CT molecular complexity index is 651. The molecule has 2 aromatic carbocycles. The van der Waals surface area contributed by atoms with Crippen LogP contribution in [0.1, 0.15) is 39.0 Å². The van der Waals surface area contributed by atoms with Crippen LogP contribution >= 0.6 is 0 Å². The molecule has 2 aromatic rings. The Morgan fingerprint density at radius 2 is 1.71 bits per heavy atom. The lowest BCUT2D eigenvalue weighted by molar-refractivity contribution is 0.0985. The molecule has 0 unspecified atom stereocenters. The third-order valence-corrected chi connectivity index (χ3v) is 3.56.